The van der Waals surface area contributed by atoms with Crippen LogP contribution in [0.15, 0.2) is 36.4 Å². The summed E-state index contributed by atoms with van der Waals surface area (Å²) in [5.41, 5.74) is 0.821. The van der Waals surface area contributed by atoms with Gasteiger partial charge in [-0.15, -0.1) is 0 Å². The van der Waals surface area contributed by atoms with Gasteiger partial charge in [0, 0.05) is 64.0 Å². The number of hydrogen-bond donors (Lipinski definition) is 1. The van der Waals surface area contributed by atoms with Crippen LogP contribution in [0.5, 0.6) is 0 Å². The van der Waals surface area contributed by atoms with Crippen molar-refractivity contribution in [2.45, 2.75) is 39.7 Å². The van der Waals surface area contributed by atoms with Gasteiger partial charge in [-0.1, -0.05) is 43.7 Å². The third-order valence-electron chi connectivity index (χ3n) is 8.04. The van der Waals surface area contributed by atoms with Gasteiger partial charge >= 0.3 is 13.7 Å². The number of carbonyl (C=O) groups excluding carboxylic acids is 3. The fourth-order valence-electron chi connectivity index (χ4n) is 5.37. The quantitative estimate of drug-likeness (QED) is 0.233. The molecule has 1 aromatic carbocycles. The maximum Gasteiger partial charge on any atom is 0.409 e. The lowest BCUT2D eigenvalue weighted by atomic mass is 10.2. The van der Waals surface area contributed by atoms with Crippen molar-refractivity contribution in [2.24, 2.45) is 0 Å². The largest absolute Gasteiger partial charge is 0.449 e. The number of rotatable bonds is 14. The third-order valence-corrected chi connectivity index (χ3v) is 10.2. The molecule has 2 saturated heterocycles. The molecule has 0 radical (unpaired) electrons. The van der Waals surface area contributed by atoms with Gasteiger partial charge in [-0.25, -0.2) is 14.8 Å². The SMILES string of the molecule is CCCCOC(=O)N1CCN(C(=O)[C@H](CP(=O)(OCC)OCC)NC(=O)c2cc(N3CCN(C)CC3)nc(-c3ccccc3)n2)CC1. The molecule has 3 heterocycles. The predicted molar refractivity (Wildman–Crippen MR) is 179 cm³/mol. The fraction of sp³-hybridized carbons (Fsp3) is 0.594. The Morgan fingerprint density at radius 3 is 2.15 bits per heavy atom. The smallest absolute Gasteiger partial charge is 0.409 e. The number of likely N-dealkylation sites (N-methyl/N-ethyl adjacent to an activating group) is 1. The van der Waals surface area contributed by atoms with E-state index in [1.165, 1.54) is 0 Å². The molecular formula is C32H48N7O7P. The number of carbonyl (C=O) groups is 3. The first-order valence-corrected chi connectivity index (χ1v) is 18.2. The van der Waals surface area contributed by atoms with E-state index in [0.717, 1.165) is 44.6 Å². The van der Waals surface area contributed by atoms with Gasteiger partial charge in [0.2, 0.25) is 5.91 Å². The molecular weight excluding hydrogens is 625 g/mol. The van der Waals surface area contributed by atoms with E-state index in [0.29, 0.717) is 18.2 Å². The zero-order valence-electron chi connectivity index (χ0n) is 27.9. The van der Waals surface area contributed by atoms with E-state index in [2.05, 4.69) is 27.1 Å². The summed E-state index contributed by atoms with van der Waals surface area (Å²) in [5, 5.41) is 2.80. The van der Waals surface area contributed by atoms with Crippen LogP contribution in [-0.4, -0.2) is 134 Å². The lowest BCUT2D eigenvalue weighted by Gasteiger charge is -2.36. The highest BCUT2D eigenvalue weighted by atomic mass is 31.2. The molecule has 1 aromatic heterocycles. The third kappa shape index (κ3) is 10.2. The number of anilines is 1. The summed E-state index contributed by atoms with van der Waals surface area (Å²) in [7, 11) is -1.70. The van der Waals surface area contributed by atoms with Crippen LogP contribution in [0.4, 0.5) is 10.6 Å². The Bertz CT molecular complexity index is 1370. The second kappa shape index (κ2) is 17.5. The summed E-state index contributed by atoms with van der Waals surface area (Å²) >= 11 is 0. The first kappa shape index (κ1) is 36.3. The summed E-state index contributed by atoms with van der Waals surface area (Å²) < 4.78 is 30.0. The number of aromatic nitrogens is 2. The number of nitrogens with zero attached hydrogens (tertiary/aromatic N) is 6. The molecule has 2 aliphatic heterocycles. The fourth-order valence-corrected chi connectivity index (χ4v) is 7.13. The highest BCUT2D eigenvalue weighted by molar-refractivity contribution is 7.54. The van der Waals surface area contributed by atoms with Crippen LogP contribution in [-0.2, 0) is 23.1 Å². The Morgan fingerprint density at radius 1 is 0.894 bits per heavy atom. The topological polar surface area (TPSA) is 147 Å². The van der Waals surface area contributed by atoms with E-state index in [1.807, 2.05) is 37.3 Å². The molecule has 0 bridgehead atoms. The van der Waals surface area contributed by atoms with Crippen molar-refractivity contribution in [3.63, 3.8) is 0 Å². The summed E-state index contributed by atoms with van der Waals surface area (Å²) in [6, 6.07) is 9.77. The minimum atomic E-state index is -3.76. The van der Waals surface area contributed by atoms with E-state index in [1.54, 1.807) is 29.7 Å². The molecule has 4 rings (SSSR count). The van der Waals surface area contributed by atoms with Crippen molar-refractivity contribution in [1.82, 2.24) is 30.0 Å². The van der Waals surface area contributed by atoms with Crippen LogP contribution in [0.2, 0.25) is 0 Å². The van der Waals surface area contributed by atoms with Crippen molar-refractivity contribution < 1.29 is 32.7 Å². The van der Waals surface area contributed by atoms with Crippen molar-refractivity contribution in [1.29, 1.82) is 0 Å². The molecule has 1 N–H and O–H groups in total. The standard InChI is InChI=1S/C32H48N7O7P/c1-5-8-22-44-32(42)39-20-18-38(19-21-39)31(41)27(24-47(43,45-6-2)46-7-3)34-30(40)26-23-28(37-16-14-36(4)15-17-37)35-29(33-26)25-12-10-9-11-13-25/h9-13,23,27H,5-8,14-22,24H2,1-4H3,(H,34,40)/t27-/m0/s1. The van der Waals surface area contributed by atoms with Gasteiger partial charge in [0.05, 0.1) is 26.0 Å². The Labute approximate surface area is 277 Å². The number of hydrogen-bond acceptors (Lipinski definition) is 11. The molecule has 1 atom stereocenters. The van der Waals surface area contributed by atoms with Crippen molar-refractivity contribution in [3.8, 4) is 11.4 Å². The van der Waals surface area contributed by atoms with Crippen molar-refractivity contribution in [2.75, 3.05) is 90.3 Å². The van der Waals surface area contributed by atoms with Crippen LogP contribution < -0.4 is 10.2 Å². The molecule has 15 heteroatoms. The molecule has 3 amide bonds. The van der Waals surface area contributed by atoms with Crippen LogP contribution in [0, 0.1) is 0 Å². The number of ether oxygens (including phenoxy) is 1. The molecule has 258 valence electrons. The van der Waals surface area contributed by atoms with Gasteiger partial charge in [0.15, 0.2) is 5.82 Å². The van der Waals surface area contributed by atoms with Gasteiger partial charge < -0.3 is 38.7 Å². The average Bonchev–Trinajstić information content (AvgIpc) is 3.08. The first-order chi connectivity index (χ1) is 22.7. The minimum Gasteiger partial charge on any atom is -0.449 e. The second-order valence-electron chi connectivity index (χ2n) is 11.5. The number of amides is 3. The lowest BCUT2D eigenvalue weighted by Crippen LogP contribution is -2.57. The molecule has 2 aliphatic rings. The second-order valence-corrected chi connectivity index (χ2v) is 13.6. The monoisotopic (exact) mass is 673 g/mol. The molecule has 47 heavy (non-hydrogen) atoms. The molecule has 14 nitrogen and oxygen atoms in total. The lowest BCUT2D eigenvalue weighted by molar-refractivity contribution is -0.134. The Balaban J connectivity index is 1.58. The number of nitrogens with one attached hydrogen (secondary N) is 1. The molecule has 0 unspecified atom stereocenters. The predicted octanol–water partition coefficient (Wildman–Crippen LogP) is 3.34. The summed E-state index contributed by atoms with van der Waals surface area (Å²) in [5.74, 6) is -0.0767. The molecule has 0 aliphatic carbocycles. The zero-order chi connectivity index (χ0) is 33.8. The van der Waals surface area contributed by atoms with Crippen LogP contribution in [0.25, 0.3) is 11.4 Å². The zero-order valence-corrected chi connectivity index (χ0v) is 28.8. The van der Waals surface area contributed by atoms with E-state index in [9.17, 15) is 18.9 Å². The minimum absolute atomic E-state index is 0.0767. The van der Waals surface area contributed by atoms with E-state index < -0.39 is 31.5 Å². The van der Waals surface area contributed by atoms with Gasteiger partial charge in [-0.3, -0.25) is 14.2 Å². The van der Waals surface area contributed by atoms with E-state index >= 15 is 0 Å². The number of piperazine rings is 2. The molecule has 2 fully saturated rings. The Hall–Kier alpha value is -3.58. The number of unbranched alkanes of at least 4 members (excludes halogenated alkanes) is 1. The average molecular weight is 674 g/mol. The normalized spacial score (nSPS) is 16.6. The summed E-state index contributed by atoms with van der Waals surface area (Å²) in [6.07, 6.45) is 0.916. The van der Waals surface area contributed by atoms with Gasteiger partial charge in [0.1, 0.15) is 17.6 Å². The Morgan fingerprint density at radius 2 is 1.53 bits per heavy atom. The van der Waals surface area contributed by atoms with Crippen molar-refractivity contribution >= 4 is 31.3 Å². The number of benzene rings is 1. The highest BCUT2D eigenvalue weighted by Gasteiger charge is 2.37. The molecule has 0 spiro atoms. The van der Waals surface area contributed by atoms with Crippen LogP contribution in [0.3, 0.4) is 0 Å². The van der Waals surface area contributed by atoms with E-state index in [-0.39, 0.29) is 51.2 Å². The molecule has 2 aromatic rings. The van der Waals surface area contributed by atoms with Crippen LogP contribution in [0.1, 0.15) is 44.1 Å². The van der Waals surface area contributed by atoms with Gasteiger partial charge in [-0.05, 0) is 27.3 Å². The maximum absolute atomic E-state index is 14.0. The summed E-state index contributed by atoms with van der Waals surface area (Å²) in [4.78, 5) is 57.2. The Kier molecular flexibility index (Phi) is 13.5. The summed E-state index contributed by atoms with van der Waals surface area (Å²) in [6.45, 7) is 10.1. The molecule has 0 saturated carbocycles. The van der Waals surface area contributed by atoms with E-state index in [4.69, 9.17) is 18.8 Å². The van der Waals surface area contributed by atoms with Gasteiger partial charge in [-0.2, -0.15) is 0 Å². The first-order valence-electron chi connectivity index (χ1n) is 16.4. The van der Waals surface area contributed by atoms with Crippen molar-refractivity contribution in [3.05, 3.63) is 42.1 Å². The van der Waals surface area contributed by atoms with Gasteiger partial charge in [0.25, 0.3) is 5.91 Å². The van der Waals surface area contributed by atoms with Crippen LogP contribution >= 0.6 is 7.60 Å². The highest BCUT2D eigenvalue weighted by Crippen LogP contribution is 2.48. The maximum atomic E-state index is 14.0.